The third-order valence-corrected chi connectivity index (χ3v) is 6.39. The van der Waals surface area contributed by atoms with Crippen LogP contribution in [0.3, 0.4) is 0 Å². The molecule has 7 aromatic rings. The number of rotatable bonds is 2. The summed E-state index contributed by atoms with van der Waals surface area (Å²) >= 11 is 0. The van der Waals surface area contributed by atoms with E-state index in [1.807, 2.05) is 24.3 Å². The first-order valence-electron chi connectivity index (χ1n) is 11.1. The van der Waals surface area contributed by atoms with Gasteiger partial charge in [-0.3, -0.25) is 4.57 Å². The predicted molar refractivity (Wildman–Crippen MR) is 137 cm³/mol. The maximum atomic E-state index is 5.20. The predicted octanol–water partition coefficient (Wildman–Crippen LogP) is 7.55. The molecule has 0 aliphatic heterocycles. The van der Waals surface area contributed by atoms with E-state index in [0.717, 1.165) is 39.1 Å². The summed E-state index contributed by atoms with van der Waals surface area (Å²) in [5, 5.41) is 4.79. The SMILES string of the molecule is c1ccc2c(-c3nc4ccccc4nc3-n3c4ccccc4c4ccccc43)cccc2c1. The lowest BCUT2D eigenvalue weighted by molar-refractivity contribution is 1.08. The normalized spacial score (nSPS) is 11.6. The Balaban J connectivity index is 1.68. The number of hydrogen-bond donors (Lipinski definition) is 0. The summed E-state index contributed by atoms with van der Waals surface area (Å²) in [7, 11) is 0. The van der Waals surface area contributed by atoms with Crippen LogP contribution < -0.4 is 0 Å². The van der Waals surface area contributed by atoms with Gasteiger partial charge < -0.3 is 0 Å². The van der Waals surface area contributed by atoms with Gasteiger partial charge in [0.2, 0.25) is 0 Å². The Morgan fingerprint density at radius 2 is 1.00 bits per heavy atom. The van der Waals surface area contributed by atoms with E-state index < -0.39 is 0 Å². The van der Waals surface area contributed by atoms with Crippen molar-refractivity contribution in [2.75, 3.05) is 0 Å². The van der Waals surface area contributed by atoms with Gasteiger partial charge in [0.25, 0.3) is 0 Å². The molecule has 0 fully saturated rings. The van der Waals surface area contributed by atoms with Crippen LogP contribution in [0.4, 0.5) is 0 Å². The van der Waals surface area contributed by atoms with Crippen LogP contribution in [0, 0.1) is 0 Å². The fourth-order valence-electron chi connectivity index (χ4n) is 4.91. The van der Waals surface area contributed by atoms with E-state index >= 15 is 0 Å². The Morgan fingerprint density at radius 1 is 0.455 bits per heavy atom. The fourth-order valence-corrected chi connectivity index (χ4v) is 4.91. The molecule has 3 nitrogen and oxygen atoms in total. The lowest BCUT2D eigenvalue weighted by atomic mass is 10.0. The summed E-state index contributed by atoms with van der Waals surface area (Å²) in [5.74, 6) is 0.849. The van der Waals surface area contributed by atoms with E-state index in [2.05, 4.69) is 95.6 Å². The minimum Gasteiger partial charge on any atom is -0.292 e. The summed E-state index contributed by atoms with van der Waals surface area (Å²) in [6.07, 6.45) is 0. The number of fused-ring (bicyclic) bond motifs is 5. The molecule has 154 valence electrons. The maximum Gasteiger partial charge on any atom is 0.165 e. The number of benzene rings is 5. The van der Waals surface area contributed by atoms with Crippen LogP contribution >= 0.6 is 0 Å². The highest BCUT2D eigenvalue weighted by molar-refractivity contribution is 6.10. The van der Waals surface area contributed by atoms with E-state index in [0.29, 0.717) is 0 Å². The van der Waals surface area contributed by atoms with E-state index in [-0.39, 0.29) is 0 Å². The molecule has 7 rings (SSSR count). The zero-order chi connectivity index (χ0) is 21.8. The first kappa shape index (κ1) is 18.1. The standard InChI is InChI=1S/C30H19N3/c1-2-12-21-20(10-1)11-9-15-24(21)29-30(32-26-17-6-5-16-25(26)31-29)33-27-18-7-3-13-22(27)23-14-4-8-19-28(23)33/h1-19H. The lowest BCUT2D eigenvalue weighted by Gasteiger charge is -2.15. The van der Waals surface area contributed by atoms with Gasteiger partial charge in [-0.05, 0) is 35.0 Å². The van der Waals surface area contributed by atoms with E-state index in [1.165, 1.54) is 21.5 Å². The Hall–Kier alpha value is -4.50. The zero-order valence-corrected chi connectivity index (χ0v) is 17.8. The number of nitrogens with zero attached hydrogens (tertiary/aromatic N) is 3. The van der Waals surface area contributed by atoms with Gasteiger partial charge in [0.15, 0.2) is 5.82 Å². The molecule has 0 radical (unpaired) electrons. The van der Waals surface area contributed by atoms with Gasteiger partial charge >= 0.3 is 0 Å². The third kappa shape index (κ3) is 2.69. The molecule has 0 unspecified atom stereocenters. The second-order valence-electron chi connectivity index (χ2n) is 8.28. The summed E-state index contributed by atoms with van der Waals surface area (Å²) in [6, 6.07) is 40.0. The van der Waals surface area contributed by atoms with Crippen molar-refractivity contribution in [3.63, 3.8) is 0 Å². The summed E-state index contributed by atoms with van der Waals surface area (Å²) in [4.78, 5) is 10.4. The van der Waals surface area contributed by atoms with E-state index in [1.54, 1.807) is 0 Å². The van der Waals surface area contributed by atoms with Crippen molar-refractivity contribution in [1.29, 1.82) is 0 Å². The molecule has 0 aliphatic carbocycles. The van der Waals surface area contributed by atoms with Gasteiger partial charge in [0.05, 0.1) is 22.1 Å². The first-order chi connectivity index (χ1) is 16.4. The highest BCUT2D eigenvalue weighted by Crippen LogP contribution is 2.37. The number of para-hydroxylation sites is 4. The largest absolute Gasteiger partial charge is 0.292 e. The van der Waals surface area contributed by atoms with Crippen LogP contribution in [0.25, 0.3) is 60.7 Å². The molecule has 5 aromatic carbocycles. The minimum atomic E-state index is 0.849. The molecule has 0 atom stereocenters. The average Bonchev–Trinajstić information content (AvgIpc) is 3.22. The van der Waals surface area contributed by atoms with Gasteiger partial charge in [0, 0.05) is 16.3 Å². The summed E-state index contributed by atoms with van der Waals surface area (Å²) in [6.45, 7) is 0. The second kappa shape index (κ2) is 7.01. The molecular formula is C30H19N3. The molecule has 0 aliphatic rings. The van der Waals surface area contributed by atoms with Crippen molar-refractivity contribution < 1.29 is 0 Å². The van der Waals surface area contributed by atoms with Crippen molar-refractivity contribution in [3.8, 4) is 17.1 Å². The molecule has 0 saturated heterocycles. The molecular weight excluding hydrogens is 402 g/mol. The van der Waals surface area contributed by atoms with Crippen LogP contribution in [0.15, 0.2) is 115 Å². The molecule has 2 aromatic heterocycles. The summed E-state index contributed by atoms with van der Waals surface area (Å²) in [5.41, 5.74) is 6.01. The Labute approximate surface area is 190 Å². The van der Waals surface area contributed by atoms with Crippen LogP contribution in [0.1, 0.15) is 0 Å². The van der Waals surface area contributed by atoms with E-state index in [4.69, 9.17) is 9.97 Å². The summed E-state index contributed by atoms with van der Waals surface area (Å²) < 4.78 is 2.27. The Morgan fingerprint density at radius 3 is 1.73 bits per heavy atom. The zero-order valence-electron chi connectivity index (χ0n) is 17.8. The molecule has 0 amide bonds. The van der Waals surface area contributed by atoms with Gasteiger partial charge in [-0.25, -0.2) is 9.97 Å². The average molecular weight is 422 g/mol. The lowest BCUT2D eigenvalue weighted by Crippen LogP contribution is -2.03. The fraction of sp³-hybridized carbons (Fsp3) is 0. The van der Waals surface area contributed by atoms with Crippen LogP contribution in [-0.2, 0) is 0 Å². The molecule has 0 N–H and O–H groups in total. The topological polar surface area (TPSA) is 30.7 Å². The van der Waals surface area contributed by atoms with Gasteiger partial charge in [-0.15, -0.1) is 0 Å². The quantitative estimate of drug-likeness (QED) is 0.289. The third-order valence-electron chi connectivity index (χ3n) is 6.39. The molecule has 2 heterocycles. The number of aromatic nitrogens is 3. The monoisotopic (exact) mass is 421 g/mol. The van der Waals surface area contributed by atoms with Crippen LogP contribution in [0.5, 0.6) is 0 Å². The minimum absolute atomic E-state index is 0.849. The van der Waals surface area contributed by atoms with Crippen LogP contribution in [0.2, 0.25) is 0 Å². The molecule has 0 saturated carbocycles. The van der Waals surface area contributed by atoms with Crippen molar-refractivity contribution in [1.82, 2.24) is 14.5 Å². The maximum absolute atomic E-state index is 5.20. The van der Waals surface area contributed by atoms with Crippen molar-refractivity contribution >= 4 is 43.6 Å². The molecule has 3 heteroatoms. The molecule has 33 heavy (non-hydrogen) atoms. The smallest absolute Gasteiger partial charge is 0.165 e. The first-order valence-corrected chi connectivity index (χ1v) is 11.1. The number of hydrogen-bond acceptors (Lipinski definition) is 2. The van der Waals surface area contributed by atoms with E-state index in [9.17, 15) is 0 Å². The molecule has 0 bridgehead atoms. The van der Waals surface area contributed by atoms with Gasteiger partial charge in [-0.1, -0.05) is 91.0 Å². The molecule has 0 spiro atoms. The second-order valence-corrected chi connectivity index (χ2v) is 8.28. The Bertz CT molecular complexity index is 1770. The highest BCUT2D eigenvalue weighted by atomic mass is 15.1. The van der Waals surface area contributed by atoms with Gasteiger partial charge in [-0.2, -0.15) is 0 Å². The van der Waals surface area contributed by atoms with Crippen molar-refractivity contribution in [3.05, 3.63) is 115 Å². The highest BCUT2D eigenvalue weighted by Gasteiger charge is 2.19. The van der Waals surface area contributed by atoms with Crippen LogP contribution in [-0.4, -0.2) is 14.5 Å². The Kier molecular flexibility index (Phi) is 3.84. The van der Waals surface area contributed by atoms with Crippen molar-refractivity contribution in [2.45, 2.75) is 0 Å². The van der Waals surface area contributed by atoms with Crippen molar-refractivity contribution in [2.24, 2.45) is 0 Å². The van der Waals surface area contributed by atoms with Gasteiger partial charge in [0.1, 0.15) is 5.69 Å².